The van der Waals surface area contributed by atoms with Gasteiger partial charge in [0.2, 0.25) is 0 Å². The van der Waals surface area contributed by atoms with Crippen LogP contribution in [-0.2, 0) is 64.0 Å². The van der Waals surface area contributed by atoms with Crippen molar-refractivity contribution < 1.29 is 69.6 Å². The Hall–Kier alpha value is -8.98. The first-order valence-corrected chi connectivity index (χ1v) is 51.6. The Morgan fingerprint density at radius 1 is 0.378 bits per heavy atom. The van der Waals surface area contributed by atoms with E-state index in [1.54, 1.807) is 30.3 Å². The monoisotopic (exact) mass is 1850 g/mol. The number of fused-ring (bicyclic) bond motifs is 5. The summed E-state index contributed by atoms with van der Waals surface area (Å²) in [5, 5.41) is 89.5. The molecular weight excluding hydrogens is 1700 g/mol. The van der Waals surface area contributed by atoms with Gasteiger partial charge < -0.3 is 69.5 Å². The molecule has 5 amide bonds. The summed E-state index contributed by atoms with van der Waals surface area (Å²) in [5.74, 6) is 1.71. The van der Waals surface area contributed by atoms with E-state index in [0.717, 1.165) is 185 Å². The molecule has 10 bridgehead atoms. The van der Waals surface area contributed by atoms with Crippen LogP contribution >= 0.6 is 0 Å². The number of hydrogen-bond acceptors (Lipinski definition) is 19. The van der Waals surface area contributed by atoms with E-state index in [0.29, 0.717) is 104 Å². The number of nitrogens with zero attached hydrogens (tertiary/aromatic N) is 5. The van der Waals surface area contributed by atoms with Crippen LogP contribution in [0.3, 0.4) is 0 Å². The molecule has 5 aromatic carbocycles. The van der Waals surface area contributed by atoms with Gasteiger partial charge in [-0.15, -0.1) is 0 Å². The summed E-state index contributed by atoms with van der Waals surface area (Å²) in [5.41, 5.74) is 38.4. The van der Waals surface area contributed by atoms with E-state index in [9.17, 15) is 69.6 Å². The van der Waals surface area contributed by atoms with Gasteiger partial charge in [-0.25, -0.2) is 0 Å². The number of hydrogen-bond donors (Lipinski definition) is 13. The predicted molar refractivity (Wildman–Crippen MR) is 520 cm³/mol. The standard InChI is InChI=1S/C23H30N2O3.C22H28N2O4.C22H30N2O3.2C22H30N2O2/c1-14(2)7-10-25-11-9-22-13-15(3)6-8-23(22,28)18(25)12-16-4-5-17(21(24)27)20(26)19(16)22;1-13(2)6-9-24-10-8-21-12-15(25)5-7-22(21,28)17(24)11-14-3-4-16(20(23)27)19(26)18(14)21;23-21(27)16-6-4-14-10-18-17-7-5-15(25)11-22(17,19(14)20(16)26)8-9-24(18)12-13-2-1-3-13;2*23-21(26)16-8-7-15-12-18-17-6-1-2-9-22(17,19(15)20(16)25)10-11-24(18)13-14-4-3-5-14/h4-5,7,18,26,28H,3,6,8-13H2,1-2H3,(H2,24,27);3-4,6,17,26,28H,5,7-12H2,1-2H3,(H2,23,27);4,6,13,15,17-18,25-26H,1-3,5,7-12H2,(H2,23,27);2*7-8,14,17-18,25H,1-6,9-13H2,(H2,23,26)/t18-,22-,23-;17-,21-,22-;15-,17+,18-,22+;2*17-,18+,22+/m11100/s1. The van der Waals surface area contributed by atoms with Crippen molar-refractivity contribution in [2.75, 3.05) is 65.4 Å². The second-order valence-corrected chi connectivity index (χ2v) is 45.6. The van der Waals surface area contributed by atoms with Gasteiger partial charge in [-0.1, -0.05) is 111 Å². The fourth-order valence-electron chi connectivity index (χ4n) is 31.5. The number of likely N-dealkylation sites (tertiary alicyclic amines) is 5. The molecule has 24 nitrogen and oxygen atoms in total. The van der Waals surface area contributed by atoms with Crippen LogP contribution < -0.4 is 28.7 Å². The molecule has 18 N–H and O–H groups in total. The summed E-state index contributed by atoms with van der Waals surface area (Å²) >= 11 is 0. The van der Waals surface area contributed by atoms with Crippen LogP contribution in [0.15, 0.2) is 96.1 Å². The maximum absolute atomic E-state index is 12.5. The minimum Gasteiger partial charge on any atom is -0.507 e. The summed E-state index contributed by atoms with van der Waals surface area (Å²) in [6, 6.07) is 19.8. The number of aliphatic hydroxyl groups is 3. The molecule has 5 saturated heterocycles. The number of carbonyl (C=O) groups excluding carboxylic acids is 6. The Morgan fingerprint density at radius 2 is 0.704 bits per heavy atom. The second kappa shape index (κ2) is 36.7. The fraction of sp³-hybridized carbons (Fsp3) is 0.622. The number of ketones is 1. The quantitative estimate of drug-likeness (QED) is 0.0433. The highest BCUT2D eigenvalue weighted by Crippen LogP contribution is 2.66. The van der Waals surface area contributed by atoms with Crippen molar-refractivity contribution in [2.24, 2.45) is 64.2 Å². The van der Waals surface area contributed by atoms with Crippen LogP contribution in [0.1, 0.15) is 334 Å². The lowest BCUT2D eigenvalue weighted by molar-refractivity contribution is -0.171. The average molecular weight is 1850 g/mol. The molecule has 8 saturated carbocycles. The molecule has 13 fully saturated rings. The molecule has 23 rings (SSSR count). The maximum Gasteiger partial charge on any atom is 0.252 e. The number of aromatic hydroxyl groups is 5. The van der Waals surface area contributed by atoms with Gasteiger partial charge in [0.05, 0.1) is 45.1 Å². The van der Waals surface area contributed by atoms with Gasteiger partial charge in [0.25, 0.3) is 29.5 Å². The van der Waals surface area contributed by atoms with Crippen LogP contribution in [0.25, 0.3) is 0 Å². The number of rotatable bonds is 15. The van der Waals surface area contributed by atoms with Crippen LogP contribution in [0.5, 0.6) is 28.7 Å². The zero-order valence-electron chi connectivity index (χ0n) is 80.2. The molecule has 0 radical (unpaired) electrons. The first-order valence-electron chi connectivity index (χ1n) is 51.6. The largest absolute Gasteiger partial charge is 0.507 e. The SMILES string of the molecule is C=C1CC[C@@]2(O)[C@H]3Cc4ccc(C(N)=O)c(O)c4[C@@]2(CCN3CC=C(C)C)C1.CC(C)=CCN1CC[C@]23CC(=O)CC[C@@]2(O)[C@H]1Cc1ccc(C(N)=O)c(O)c13.NC(=O)c1ccc2c(c1O)[C@@]13CCCC[C@H]1[C@@H](C2)N(CC1CCC1)CC3.NC(=O)c1ccc2c(c1O)[C@@]13CCCC[C@H]1[C@@H](C2)N(CC1CCC1)CC3.NC(=O)c1ccc2c(c1O)[C@]13CCN(CC4CCC4)[C@H](C2)[C@@H]1CC[C@@H](O)C3. The van der Waals surface area contributed by atoms with Crippen molar-refractivity contribution in [1.29, 1.82) is 0 Å². The number of carbonyl (C=O) groups is 6. The molecule has 24 heteroatoms. The van der Waals surface area contributed by atoms with Crippen LogP contribution in [0.2, 0.25) is 0 Å². The third-order valence-corrected chi connectivity index (χ3v) is 38.5. The van der Waals surface area contributed by atoms with Gasteiger partial charge in [-0.2, -0.15) is 0 Å². The van der Waals surface area contributed by atoms with E-state index in [1.165, 1.54) is 138 Å². The van der Waals surface area contributed by atoms with E-state index >= 15 is 0 Å². The van der Waals surface area contributed by atoms with E-state index in [4.69, 9.17) is 28.7 Å². The molecule has 726 valence electrons. The second-order valence-electron chi connectivity index (χ2n) is 45.6. The van der Waals surface area contributed by atoms with Gasteiger partial charge >= 0.3 is 0 Å². The predicted octanol–water partition coefficient (Wildman–Crippen LogP) is 13.6. The third-order valence-electron chi connectivity index (χ3n) is 38.5. The van der Waals surface area contributed by atoms with Crippen LogP contribution in [0.4, 0.5) is 0 Å². The van der Waals surface area contributed by atoms with Crippen molar-refractivity contribution in [1.82, 2.24) is 24.5 Å². The van der Waals surface area contributed by atoms with Crippen LogP contribution in [-0.4, -0.2) is 214 Å². The smallest absolute Gasteiger partial charge is 0.252 e. The van der Waals surface area contributed by atoms with Crippen molar-refractivity contribution in [3.05, 3.63) is 180 Å². The molecule has 16 atom stereocenters. The molecule has 0 spiro atoms. The minimum atomic E-state index is -1.12. The highest BCUT2D eigenvalue weighted by atomic mass is 16.3. The molecule has 18 aliphatic rings. The van der Waals surface area contributed by atoms with Crippen molar-refractivity contribution in [3.63, 3.8) is 0 Å². The highest BCUT2D eigenvalue weighted by Gasteiger charge is 2.68. The topological polar surface area (TPSA) is 411 Å². The number of piperidine rings is 5. The van der Waals surface area contributed by atoms with Crippen molar-refractivity contribution >= 4 is 35.3 Å². The maximum atomic E-state index is 12.5. The number of phenols is 5. The lowest BCUT2D eigenvalue weighted by atomic mass is 9.48. The Labute approximate surface area is 796 Å². The van der Waals surface area contributed by atoms with Gasteiger partial charge in [0.1, 0.15) is 34.5 Å². The molecule has 5 aromatic rings. The van der Waals surface area contributed by atoms with E-state index < -0.39 is 51.6 Å². The number of allylic oxidation sites excluding steroid dienone is 3. The number of primary amides is 5. The van der Waals surface area contributed by atoms with Gasteiger partial charge in [0, 0.05) is 131 Å². The van der Waals surface area contributed by atoms with Crippen molar-refractivity contribution in [3.8, 4) is 28.7 Å². The molecule has 5 heterocycles. The molecule has 0 unspecified atom stereocenters. The number of amides is 5. The van der Waals surface area contributed by atoms with E-state index in [2.05, 4.69) is 83.1 Å². The molecule has 13 aliphatic carbocycles. The summed E-state index contributed by atoms with van der Waals surface area (Å²) in [4.78, 5) is 84.5. The normalized spacial score (nSPS) is 33.3. The molecular formula is C111H148N10O14. The van der Waals surface area contributed by atoms with Crippen molar-refractivity contribution in [2.45, 2.75) is 333 Å². The lowest BCUT2D eigenvalue weighted by Crippen LogP contribution is -2.73. The zero-order chi connectivity index (χ0) is 95.1. The number of Topliss-reactive ketones (excluding diaryl/α,β-unsaturated/α-hetero) is 1. The Balaban J connectivity index is 0.000000108. The molecule has 0 aromatic heterocycles. The summed E-state index contributed by atoms with van der Waals surface area (Å²) in [6.07, 6.45) is 40.5. The molecule has 5 aliphatic heterocycles. The summed E-state index contributed by atoms with van der Waals surface area (Å²) < 4.78 is 0. The Bertz CT molecular complexity index is 5320. The van der Waals surface area contributed by atoms with E-state index in [-0.39, 0.29) is 92.1 Å². The minimum absolute atomic E-state index is 0.0173. The van der Waals surface area contributed by atoms with Gasteiger partial charge in [-0.05, 0) is 327 Å². The number of nitrogens with two attached hydrogens (primary N) is 5. The molecule has 135 heavy (non-hydrogen) atoms. The Kier molecular flexibility index (Phi) is 25.8. The average Bonchev–Trinajstić information content (AvgIpc) is 0.679. The first kappa shape index (κ1) is 95.0. The lowest BCUT2D eigenvalue weighted by Gasteiger charge is -2.64. The van der Waals surface area contributed by atoms with Gasteiger partial charge in [-0.3, -0.25) is 53.3 Å². The Morgan fingerprint density at radius 3 is 1.06 bits per heavy atom. The van der Waals surface area contributed by atoms with Crippen LogP contribution in [0, 0.1) is 35.5 Å². The van der Waals surface area contributed by atoms with Gasteiger partial charge in [0.15, 0.2) is 0 Å². The fourth-order valence-corrected chi connectivity index (χ4v) is 31.5. The number of benzene rings is 5. The zero-order valence-corrected chi connectivity index (χ0v) is 80.2. The summed E-state index contributed by atoms with van der Waals surface area (Å²) in [6.45, 7) is 22.6. The first-order chi connectivity index (χ1) is 64.6. The number of aliphatic hydroxyl groups excluding tert-OH is 1. The highest BCUT2D eigenvalue weighted by molar-refractivity contribution is 5.99. The van der Waals surface area contributed by atoms with E-state index in [1.807, 2.05) is 18.2 Å². The third kappa shape index (κ3) is 16.0. The summed E-state index contributed by atoms with van der Waals surface area (Å²) in [7, 11) is 0.